The van der Waals surface area contributed by atoms with E-state index in [1.807, 2.05) is 45.9 Å². The molecule has 0 bridgehead atoms. The van der Waals surface area contributed by atoms with Crippen molar-refractivity contribution in [3.63, 3.8) is 0 Å². The minimum Gasteiger partial charge on any atom is -0.486 e. The SMILES string of the molecule is CCC(C)N(C(=O)Cn1c(COc2ccc(C(C)(C)C)cc2)nc2ccccc21)C(C)CC. The summed E-state index contributed by atoms with van der Waals surface area (Å²) in [6.07, 6.45) is 1.86. The maximum atomic E-state index is 13.4. The first-order valence-electron chi connectivity index (χ1n) is 12.1. The second-order valence-electron chi connectivity index (χ2n) is 9.98. The van der Waals surface area contributed by atoms with Gasteiger partial charge in [0, 0.05) is 12.1 Å². The number of amides is 1. The summed E-state index contributed by atoms with van der Waals surface area (Å²) in [4.78, 5) is 20.3. The minimum absolute atomic E-state index is 0.101. The first kappa shape index (κ1) is 24.8. The van der Waals surface area contributed by atoms with Gasteiger partial charge in [-0.05, 0) is 61.9 Å². The molecule has 0 radical (unpaired) electrons. The Kier molecular flexibility index (Phi) is 7.83. The van der Waals surface area contributed by atoms with Crippen LogP contribution in [-0.4, -0.2) is 32.4 Å². The van der Waals surface area contributed by atoms with Gasteiger partial charge in [-0.25, -0.2) is 4.98 Å². The number of rotatable bonds is 9. The van der Waals surface area contributed by atoms with Crippen LogP contribution in [0.2, 0.25) is 0 Å². The van der Waals surface area contributed by atoms with E-state index < -0.39 is 0 Å². The van der Waals surface area contributed by atoms with Crippen molar-refractivity contribution in [2.24, 2.45) is 0 Å². The zero-order chi connectivity index (χ0) is 24.2. The Balaban J connectivity index is 1.85. The Morgan fingerprint density at radius 1 is 1.00 bits per heavy atom. The maximum Gasteiger partial charge on any atom is 0.243 e. The topological polar surface area (TPSA) is 47.4 Å². The molecule has 2 atom stereocenters. The number of ether oxygens (including phenoxy) is 1. The summed E-state index contributed by atoms with van der Waals surface area (Å²) in [5.74, 6) is 1.68. The molecule has 1 heterocycles. The fourth-order valence-electron chi connectivity index (χ4n) is 4.15. The number of fused-ring (bicyclic) bond motifs is 1. The maximum absolute atomic E-state index is 13.4. The molecular formula is C28H39N3O2. The lowest BCUT2D eigenvalue weighted by molar-refractivity contribution is -0.136. The Bertz CT molecular complexity index is 1050. The smallest absolute Gasteiger partial charge is 0.243 e. The average Bonchev–Trinajstić information content (AvgIpc) is 3.14. The molecule has 5 nitrogen and oxygen atoms in total. The second-order valence-corrected chi connectivity index (χ2v) is 9.98. The van der Waals surface area contributed by atoms with Crippen LogP contribution in [0.1, 0.15) is 72.7 Å². The van der Waals surface area contributed by atoms with Crippen LogP contribution in [0.3, 0.4) is 0 Å². The molecule has 1 aromatic heterocycles. The van der Waals surface area contributed by atoms with Crippen LogP contribution in [0.25, 0.3) is 11.0 Å². The third-order valence-corrected chi connectivity index (χ3v) is 6.53. The van der Waals surface area contributed by atoms with Gasteiger partial charge in [-0.2, -0.15) is 0 Å². The van der Waals surface area contributed by atoms with E-state index in [0.717, 1.165) is 35.4 Å². The van der Waals surface area contributed by atoms with Crippen LogP contribution in [0.15, 0.2) is 48.5 Å². The van der Waals surface area contributed by atoms with Gasteiger partial charge in [-0.1, -0.05) is 58.9 Å². The van der Waals surface area contributed by atoms with Gasteiger partial charge in [0.15, 0.2) is 0 Å². The first-order chi connectivity index (χ1) is 15.7. The normalized spacial score (nSPS) is 13.7. The monoisotopic (exact) mass is 449 g/mol. The summed E-state index contributed by atoms with van der Waals surface area (Å²) in [5.41, 5.74) is 3.21. The van der Waals surface area contributed by atoms with Crippen LogP contribution in [0, 0.1) is 0 Å². The van der Waals surface area contributed by atoms with E-state index in [1.54, 1.807) is 0 Å². The molecule has 0 saturated heterocycles. The van der Waals surface area contributed by atoms with Gasteiger partial charge in [0.05, 0.1) is 11.0 Å². The average molecular weight is 450 g/mol. The zero-order valence-corrected chi connectivity index (χ0v) is 21.3. The Morgan fingerprint density at radius 3 is 2.18 bits per heavy atom. The molecular weight excluding hydrogens is 410 g/mol. The molecule has 33 heavy (non-hydrogen) atoms. The quantitative estimate of drug-likeness (QED) is 0.383. The molecule has 0 N–H and O–H groups in total. The van der Waals surface area contributed by atoms with Crippen LogP contribution in [-0.2, 0) is 23.4 Å². The van der Waals surface area contributed by atoms with Crippen LogP contribution in [0.4, 0.5) is 0 Å². The zero-order valence-electron chi connectivity index (χ0n) is 21.3. The molecule has 0 fully saturated rings. The fraction of sp³-hybridized carbons (Fsp3) is 0.500. The van der Waals surface area contributed by atoms with Crippen LogP contribution >= 0.6 is 0 Å². The minimum atomic E-state index is 0.101. The number of aromatic nitrogens is 2. The summed E-state index contributed by atoms with van der Waals surface area (Å²) in [6.45, 7) is 15.7. The van der Waals surface area contributed by atoms with Crippen molar-refractivity contribution in [3.8, 4) is 5.75 Å². The van der Waals surface area contributed by atoms with Crippen molar-refractivity contribution in [1.29, 1.82) is 0 Å². The highest BCUT2D eigenvalue weighted by atomic mass is 16.5. The number of hydrogen-bond acceptors (Lipinski definition) is 3. The first-order valence-corrected chi connectivity index (χ1v) is 12.1. The molecule has 0 aliphatic rings. The number of imidazole rings is 1. The Morgan fingerprint density at radius 2 is 1.61 bits per heavy atom. The number of carbonyl (C=O) groups is 1. The fourth-order valence-corrected chi connectivity index (χ4v) is 4.15. The van der Waals surface area contributed by atoms with Gasteiger partial charge < -0.3 is 14.2 Å². The highest BCUT2D eigenvalue weighted by molar-refractivity contribution is 5.81. The van der Waals surface area contributed by atoms with Crippen molar-refractivity contribution in [1.82, 2.24) is 14.5 Å². The third kappa shape index (κ3) is 5.76. The van der Waals surface area contributed by atoms with Gasteiger partial charge in [0.25, 0.3) is 0 Å². The molecule has 2 aromatic carbocycles. The highest BCUT2D eigenvalue weighted by Crippen LogP contribution is 2.25. The molecule has 0 saturated carbocycles. The van der Waals surface area contributed by atoms with Crippen molar-refractivity contribution in [3.05, 3.63) is 59.9 Å². The van der Waals surface area contributed by atoms with Gasteiger partial charge in [0.2, 0.25) is 5.91 Å². The largest absolute Gasteiger partial charge is 0.486 e. The summed E-state index contributed by atoms with van der Waals surface area (Å²) in [5, 5.41) is 0. The van der Waals surface area contributed by atoms with Crippen molar-refractivity contribution in [2.45, 2.75) is 92.0 Å². The lowest BCUT2D eigenvalue weighted by Gasteiger charge is -2.34. The summed E-state index contributed by atoms with van der Waals surface area (Å²) >= 11 is 0. The van der Waals surface area contributed by atoms with Crippen LogP contribution < -0.4 is 4.74 Å². The molecule has 3 aromatic rings. The molecule has 0 aliphatic carbocycles. The van der Waals surface area contributed by atoms with E-state index in [9.17, 15) is 4.79 Å². The second kappa shape index (κ2) is 10.4. The predicted octanol–water partition coefficient (Wildman–Crippen LogP) is 6.34. The lowest BCUT2D eigenvalue weighted by atomic mass is 9.87. The Labute approximate surface area is 198 Å². The molecule has 5 heteroatoms. The van der Waals surface area contributed by atoms with E-state index in [2.05, 4.69) is 60.6 Å². The van der Waals surface area contributed by atoms with Crippen LogP contribution in [0.5, 0.6) is 5.75 Å². The molecule has 1 amide bonds. The molecule has 2 unspecified atom stereocenters. The molecule has 3 rings (SSSR count). The Hall–Kier alpha value is -2.82. The van der Waals surface area contributed by atoms with E-state index >= 15 is 0 Å². The van der Waals surface area contributed by atoms with Crippen molar-refractivity contribution < 1.29 is 9.53 Å². The van der Waals surface area contributed by atoms with E-state index in [-0.39, 0.29) is 30.0 Å². The number of carbonyl (C=O) groups excluding carboxylic acids is 1. The van der Waals surface area contributed by atoms with Gasteiger partial charge >= 0.3 is 0 Å². The van der Waals surface area contributed by atoms with Gasteiger partial charge in [0.1, 0.15) is 24.7 Å². The standard InChI is InChI=1S/C28H39N3O2/c1-8-20(3)31(21(4)9-2)27(32)18-30-25-13-11-10-12-24(25)29-26(30)19-33-23-16-14-22(15-17-23)28(5,6)7/h10-17,20-21H,8-9,18-19H2,1-7H3. The number of hydrogen-bond donors (Lipinski definition) is 0. The molecule has 0 aliphatic heterocycles. The number of benzene rings is 2. The van der Waals surface area contributed by atoms with Gasteiger partial charge in [-0.3, -0.25) is 4.79 Å². The highest BCUT2D eigenvalue weighted by Gasteiger charge is 2.25. The van der Waals surface area contributed by atoms with Crippen molar-refractivity contribution >= 4 is 16.9 Å². The summed E-state index contributed by atoms with van der Waals surface area (Å²) < 4.78 is 8.11. The molecule has 0 spiro atoms. The summed E-state index contributed by atoms with van der Waals surface area (Å²) in [7, 11) is 0. The van der Waals surface area contributed by atoms with E-state index in [1.165, 1.54) is 5.56 Å². The van der Waals surface area contributed by atoms with Crippen molar-refractivity contribution in [2.75, 3.05) is 0 Å². The third-order valence-electron chi connectivity index (χ3n) is 6.53. The van der Waals surface area contributed by atoms with E-state index in [4.69, 9.17) is 9.72 Å². The molecule has 178 valence electrons. The lowest BCUT2D eigenvalue weighted by Crippen LogP contribution is -2.45. The summed E-state index contributed by atoms with van der Waals surface area (Å²) in [6, 6.07) is 16.6. The predicted molar refractivity (Wildman–Crippen MR) is 136 cm³/mol. The van der Waals surface area contributed by atoms with Gasteiger partial charge in [-0.15, -0.1) is 0 Å². The number of para-hydroxylation sites is 2. The van der Waals surface area contributed by atoms with E-state index in [0.29, 0.717) is 6.61 Å². The number of nitrogens with zero attached hydrogens (tertiary/aromatic N) is 3.